The third-order valence-corrected chi connectivity index (χ3v) is 8.52. The maximum absolute atomic E-state index is 14.8. The smallest absolute Gasteiger partial charge is 0.227 e. The van der Waals surface area contributed by atoms with Crippen molar-refractivity contribution in [1.82, 2.24) is 9.80 Å². The number of nitrogens with zero attached hydrogens (tertiary/aromatic N) is 2. The molecule has 5 rings (SSSR count). The minimum atomic E-state index is -0.591. The summed E-state index contributed by atoms with van der Waals surface area (Å²) in [6.07, 6.45) is 2.72. The van der Waals surface area contributed by atoms with E-state index in [9.17, 15) is 13.6 Å². The van der Waals surface area contributed by atoms with Crippen LogP contribution in [-0.4, -0.2) is 47.4 Å². The Morgan fingerprint density at radius 1 is 1.03 bits per heavy atom. The fourth-order valence-electron chi connectivity index (χ4n) is 6.53. The molecule has 2 aromatic carbocycles. The van der Waals surface area contributed by atoms with Crippen LogP contribution >= 0.6 is 0 Å². The molecule has 0 radical (unpaired) electrons. The normalized spacial score (nSPS) is 26.8. The Bertz CT molecular complexity index is 1090. The highest BCUT2D eigenvalue weighted by atomic mass is 19.1. The molecule has 2 aliphatic heterocycles. The second-order valence-electron chi connectivity index (χ2n) is 11.5. The van der Waals surface area contributed by atoms with E-state index in [0.29, 0.717) is 31.7 Å². The lowest BCUT2D eigenvalue weighted by atomic mass is 9.73. The molecule has 3 atom stereocenters. The van der Waals surface area contributed by atoms with Gasteiger partial charge in [-0.2, -0.15) is 0 Å². The Morgan fingerprint density at radius 2 is 1.74 bits per heavy atom. The summed E-state index contributed by atoms with van der Waals surface area (Å²) in [5, 5.41) is 0. The van der Waals surface area contributed by atoms with Crippen LogP contribution in [0.2, 0.25) is 0 Å². The van der Waals surface area contributed by atoms with Crippen molar-refractivity contribution in [2.75, 3.05) is 26.2 Å². The number of halogens is 2. The summed E-state index contributed by atoms with van der Waals surface area (Å²) in [5.41, 5.74) is 9.40. The largest absolute Gasteiger partial charge is 0.342 e. The third-order valence-electron chi connectivity index (χ3n) is 8.52. The summed E-state index contributed by atoms with van der Waals surface area (Å²) in [7, 11) is 0. The molecule has 34 heavy (non-hydrogen) atoms. The molecule has 2 aromatic rings. The minimum Gasteiger partial charge on any atom is -0.342 e. The molecule has 6 heteroatoms. The zero-order valence-electron chi connectivity index (χ0n) is 20.4. The van der Waals surface area contributed by atoms with Gasteiger partial charge >= 0.3 is 0 Å². The molecule has 0 saturated carbocycles. The number of likely N-dealkylation sites (tertiary alicyclic amines) is 2. The molecular weight excluding hydrogens is 432 g/mol. The van der Waals surface area contributed by atoms with E-state index in [1.54, 1.807) is 0 Å². The number of nitrogens with two attached hydrogens (primary N) is 1. The molecule has 2 heterocycles. The molecule has 2 fully saturated rings. The lowest BCUT2D eigenvalue weighted by Gasteiger charge is -2.41. The molecule has 182 valence electrons. The third kappa shape index (κ3) is 3.95. The average Bonchev–Trinajstić information content (AvgIpc) is 3.35. The van der Waals surface area contributed by atoms with E-state index >= 15 is 0 Å². The maximum Gasteiger partial charge on any atom is 0.227 e. The summed E-state index contributed by atoms with van der Waals surface area (Å²) in [4.78, 5) is 18.1. The quantitative estimate of drug-likeness (QED) is 0.694. The number of fused-ring (bicyclic) bond motifs is 2. The molecule has 1 spiro atoms. The number of amides is 1. The van der Waals surface area contributed by atoms with Crippen LogP contribution < -0.4 is 5.73 Å². The van der Waals surface area contributed by atoms with Crippen LogP contribution in [0.25, 0.3) is 0 Å². The van der Waals surface area contributed by atoms with Crippen LogP contribution in [0.15, 0.2) is 42.5 Å². The highest BCUT2D eigenvalue weighted by Gasteiger charge is 2.48. The molecule has 1 amide bonds. The van der Waals surface area contributed by atoms with Gasteiger partial charge in [0, 0.05) is 55.2 Å². The van der Waals surface area contributed by atoms with Crippen molar-refractivity contribution in [3.05, 3.63) is 70.8 Å². The van der Waals surface area contributed by atoms with E-state index < -0.39 is 11.6 Å². The van der Waals surface area contributed by atoms with Crippen molar-refractivity contribution in [3.63, 3.8) is 0 Å². The molecule has 2 saturated heterocycles. The van der Waals surface area contributed by atoms with Gasteiger partial charge in [-0.1, -0.05) is 30.3 Å². The van der Waals surface area contributed by atoms with Crippen LogP contribution in [0.1, 0.15) is 68.7 Å². The summed E-state index contributed by atoms with van der Waals surface area (Å²) in [6, 6.07) is 12.3. The molecule has 2 N–H and O–H groups in total. The second kappa shape index (κ2) is 8.42. The summed E-state index contributed by atoms with van der Waals surface area (Å²) in [5.74, 6) is -1.69. The van der Waals surface area contributed by atoms with Crippen LogP contribution in [0.3, 0.4) is 0 Å². The number of benzene rings is 2. The van der Waals surface area contributed by atoms with Gasteiger partial charge < -0.3 is 10.6 Å². The SMILES string of the molecule is CC(C)(C)N1CC(C(=O)N2CCC3(CC2)CC(N)c2ccccc23)C(c2ccc(F)cc2F)C1. The zero-order valence-corrected chi connectivity index (χ0v) is 20.4. The van der Waals surface area contributed by atoms with E-state index in [2.05, 4.69) is 43.9 Å². The Hall–Kier alpha value is -2.31. The lowest BCUT2D eigenvalue weighted by Crippen LogP contribution is -2.48. The number of carbonyl (C=O) groups excluding carboxylic acids is 1. The van der Waals surface area contributed by atoms with Crippen LogP contribution in [0.4, 0.5) is 8.78 Å². The second-order valence-corrected chi connectivity index (χ2v) is 11.5. The molecule has 4 nitrogen and oxygen atoms in total. The maximum atomic E-state index is 14.8. The number of hydrogen-bond donors (Lipinski definition) is 1. The minimum absolute atomic E-state index is 0.0440. The Labute approximate surface area is 201 Å². The van der Waals surface area contributed by atoms with Crippen molar-refractivity contribution < 1.29 is 13.6 Å². The van der Waals surface area contributed by atoms with Gasteiger partial charge in [-0.05, 0) is 62.8 Å². The van der Waals surface area contributed by atoms with Gasteiger partial charge in [0.15, 0.2) is 0 Å². The molecule has 1 aliphatic carbocycles. The molecule has 0 aromatic heterocycles. The highest BCUT2D eigenvalue weighted by molar-refractivity contribution is 5.81. The van der Waals surface area contributed by atoms with E-state index in [0.717, 1.165) is 25.3 Å². The van der Waals surface area contributed by atoms with E-state index in [1.165, 1.54) is 23.3 Å². The fourth-order valence-corrected chi connectivity index (χ4v) is 6.53. The standard InChI is InChI=1S/C28H35F2N3O/c1-27(2,3)33-16-21(19-9-8-18(29)14-24(19)30)22(17-33)26(34)32-12-10-28(11-13-32)15-25(31)20-6-4-5-7-23(20)28/h4-9,14,21-22,25H,10-13,15-17,31H2,1-3H3. The van der Waals surface area contributed by atoms with E-state index in [1.807, 2.05) is 11.0 Å². The van der Waals surface area contributed by atoms with Crippen molar-refractivity contribution in [2.24, 2.45) is 11.7 Å². The van der Waals surface area contributed by atoms with Gasteiger partial charge in [0.1, 0.15) is 11.6 Å². The highest BCUT2D eigenvalue weighted by Crippen LogP contribution is 2.50. The first-order valence-electron chi connectivity index (χ1n) is 12.4. The van der Waals surface area contributed by atoms with Gasteiger partial charge in [0.05, 0.1) is 5.92 Å². The Kier molecular flexibility index (Phi) is 5.80. The first-order chi connectivity index (χ1) is 16.1. The Morgan fingerprint density at radius 3 is 2.41 bits per heavy atom. The van der Waals surface area contributed by atoms with E-state index in [4.69, 9.17) is 5.73 Å². The number of hydrogen-bond acceptors (Lipinski definition) is 3. The van der Waals surface area contributed by atoms with Gasteiger partial charge in [-0.3, -0.25) is 9.69 Å². The van der Waals surface area contributed by atoms with Crippen LogP contribution in [0, 0.1) is 17.6 Å². The molecule has 3 unspecified atom stereocenters. The monoisotopic (exact) mass is 467 g/mol. The summed E-state index contributed by atoms with van der Waals surface area (Å²) < 4.78 is 28.4. The van der Waals surface area contributed by atoms with Crippen molar-refractivity contribution in [3.8, 4) is 0 Å². The number of carbonyl (C=O) groups is 1. The fraction of sp³-hybridized carbons (Fsp3) is 0.536. The lowest BCUT2D eigenvalue weighted by molar-refractivity contribution is -0.137. The molecule has 3 aliphatic rings. The van der Waals surface area contributed by atoms with E-state index in [-0.39, 0.29) is 34.7 Å². The van der Waals surface area contributed by atoms with Crippen molar-refractivity contribution >= 4 is 5.91 Å². The average molecular weight is 468 g/mol. The zero-order chi connectivity index (χ0) is 24.3. The van der Waals surface area contributed by atoms with Gasteiger partial charge in [-0.15, -0.1) is 0 Å². The van der Waals surface area contributed by atoms with Crippen LogP contribution in [-0.2, 0) is 10.2 Å². The predicted octanol–water partition coefficient (Wildman–Crippen LogP) is 4.74. The summed E-state index contributed by atoms with van der Waals surface area (Å²) >= 11 is 0. The molecular formula is C28H35F2N3O. The van der Waals surface area contributed by atoms with Gasteiger partial charge in [0.2, 0.25) is 5.91 Å². The first kappa shape index (κ1) is 23.4. The molecule has 0 bridgehead atoms. The first-order valence-corrected chi connectivity index (χ1v) is 12.4. The van der Waals surface area contributed by atoms with Crippen LogP contribution in [0.5, 0.6) is 0 Å². The van der Waals surface area contributed by atoms with Gasteiger partial charge in [0.25, 0.3) is 0 Å². The van der Waals surface area contributed by atoms with Gasteiger partial charge in [-0.25, -0.2) is 8.78 Å². The number of piperidine rings is 1. The van der Waals surface area contributed by atoms with Crippen molar-refractivity contribution in [1.29, 1.82) is 0 Å². The Balaban J connectivity index is 1.37. The summed E-state index contributed by atoms with van der Waals surface area (Å²) in [6.45, 7) is 8.88. The number of rotatable bonds is 2. The topological polar surface area (TPSA) is 49.6 Å². The van der Waals surface area contributed by atoms with Crippen molar-refractivity contribution in [2.45, 2.75) is 62.9 Å². The predicted molar refractivity (Wildman–Crippen MR) is 129 cm³/mol.